The molecule has 3 fully saturated rings. The summed E-state index contributed by atoms with van der Waals surface area (Å²) in [5, 5.41) is 10.7. The third-order valence-electron chi connectivity index (χ3n) is 17.6. The number of carbonyl (C=O) groups excluding carboxylic acids is 11. The first-order chi connectivity index (χ1) is 40.7. The SMILES string of the molecule is CCC(C)[C@@H]1NC(=O)[C@H](C)N(C)C(=O)C[C@@H](C)NC(=O)[C@H](C(C)C)N(C)C(=O)CCCCNC(=O)[C@@H]2CCCN2C(=O)[C@H](CCc2ccc(C(F)(F)F)c(Cl)c2)NC(=O)[C@@H](C)N(C)C(=O)[C@H](CC2CCCCC2)N(C)C(=O)CN(C)C(=O)CN(C)C1=O. The maximum atomic E-state index is 14.8. The number of benzene rings is 1. The van der Waals surface area contributed by atoms with E-state index >= 15 is 0 Å². The van der Waals surface area contributed by atoms with Crippen molar-refractivity contribution in [2.24, 2.45) is 17.8 Å². The van der Waals surface area contributed by atoms with Crippen LogP contribution in [0, 0.1) is 17.8 Å². The quantitative estimate of drug-likeness (QED) is 0.284. The molecule has 2 saturated heterocycles. The number of amides is 11. The third-order valence-corrected chi connectivity index (χ3v) is 17.9. The summed E-state index contributed by atoms with van der Waals surface area (Å²) in [6.07, 6.45) is 1.35. The molecular weight excluding hydrogens is 1160 g/mol. The fraction of sp³-hybridized carbons (Fsp3) is 0.721. The van der Waals surface area contributed by atoms with Crippen molar-refractivity contribution in [3.63, 3.8) is 0 Å². The van der Waals surface area contributed by atoms with Crippen molar-refractivity contribution in [3.8, 4) is 0 Å². The molecule has 0 spiro atoms. The van der Waals surface area contributed by atoms with Crippen LogP contribution in [0.4, 0.5) is 13.2 Å². The molecule has 4 N–H and O–H groups in total. The molecule has 1 saturated carbocycles. The number of halogens is 4. The summed E-state index contributed by atoms with van der Waals surface area (Å²) in [5.74, 6) is -7.08. The molecule has 0 bridgehead atoms. The molecule has 9 atom stereocenters. The van der Waals surface area contributed by atoms with Crippen LogP contribution in [-0.4, -0.2) is 216 Å². The van der Waals surface area contributed by atoms with E-state index in [0.29, 0.717) is 31.2 Å². The molecular formula is C61H95ClF3N11O11. The van der Waals surface area contributed by atoms with Gasteiger partial charge in [0.1, 0.15) is 42.3 Å². The van der Waals surface area contributed by atoms with E-state index < -0.39 is 143 Å². The van der Waals surface area contributed by atoms with E-state index in [-0.39, 0.29) is 69.4 Å². The number of hydrogen-bond acceptors (Lipinski definition) is 11. The molecule has 87 heavy (non-hydrogen) atoms. The number of carbonyl (C=O) groups is 11. The molecule has 26 heteroatoms. The van der Waals surface area contributed by atoms with Gasteiger partial charge in [-0.1, -0.05) is 83.9 Å². The lowest BCUT2D eigenvalue weighted by molar-refractivity contribution is -0.150. The van der Waals surface area contributed by atoms with Gasteiger partial charge in [-0.3, -0.25) is 52.7 Å². The Hall–Kier alpha value is -6.53. The Morgan fingerprint density at radius 1 is 0.632 bits per heavy atom. The number of likely N-dealkylation sites (N-methyl/N-ethyl adjacent to an activating group) is 6. The van der Waals surface area contributed by atoms with Crippen molar-refractivity contribution in [3.05, 3.63) is 34.3 Å². The number of aryl methyl sites for hydroxylation is 1. The zero-order valence-corrected chi connectivity index (χ0v) is 53.9. The highest BCUT2D eigenvalue weighted by molar-refractivity contribution is 6.31. The van der Waals surface area contributed by atoms with Crippen molar-refractivity contribution >= 4 is 76.6 Å². The summed E-state index contributed by atoms with van der Waals surface area (Å²) in [6, 6.07) is -5.35. The normalized spacial score (nSPS) is 26.6. The largest absolute Gasteiger partial charge is 0.417 e. The molecule has 2 heterocycles. The Morgan fingerprint density at radius 3 is 1.86 bits per heavy atom. The van der Waals surface area contributed by atoms with E-state index in [1.54, 1.807) is 27.7 Å². The first-order valence-corrected chi connectivity index (χ1v) is 31.0. The molecule has 4 rings (SSSR count). The third kappa shape index (κ3) is 20.2. The van der Waals surface area contributed by atoms with Crippen LogP contribution >= 0.6 is 11.6 Å². The lowest BCUT2D eigenvalue weighted by atomic mass is 9.84. The molecule has 1 aromatic carbocycles. The Balaban J connectivity index is 1.69. The van der Waals surface area contributed by atoms with Crippen molar-refractivity contribution in [2.45, 2.75) is 199 Å². The summed E-state index contributed by atoms with van der Waals surface area (Å²) in [6.45, 7) is 10.9. The van der Waals surface area contributed by atoms with Gasteiger partial charge in [0.15, 0.2) is 0 Å². The monoisotopic (exact) mass is 1250 g/mol. The van der Waals surface area contributed by atoms with E-state index in [9.17, 15) is 65.9 Å². The van der Waals surface area contributed by atoms with Gasteiger partial charge in [-0.15, -0.1) is 0 Å². The molecule has 1 aliphatic carbocycles. The van der Waals surface area contributed by atoms with Crippen LogP contribution in [0.5, 0.6) is 0 Å². The molecule has 0 radical (unpaired) electrons. The number of rotatable bonds is 8. The minimum Gasteiger partial charge on any atom is -0.354 e. The Kier molecular flexibility index (Phi) is 27.8. The fourth-order valence-corrected chi connectivity index (χ4v) is 11.7. The molecule has 2 aliphatic heterocycles. The molecule has 1 aromatic rings. The van der Waals surface area contributed by atoms with Gasteiger partial charge in [-0.05, 0) is 101 Å². The van der Waals surface area contributed by atoms with Crippen LogP contribution in [0.1, 0.15) is 149 Å². The van der Waals surface area contributed by atoms with Gasteiger partial charge >= 0.3 is 6.18 Å². The average molecular weight is 1250 g/mol. The second kappa shape index (κ2) is 33.2. The highest BCUT2D eigenvalue weighted by Crippen LogP contribution is 2.35. The summed E-state index contributed by atoms with van der Waals surface area (Å²) in [5.41, 5.74) is -0.721. The summed E-state index contributed by atoms with van der Waals surface area (Å²) < 4.78 is 41.0. The van der Waals surface area contributed by atoms with Gasteiger partial charge in [0, 0.05) is 74.3 Å². The Morgan fingerprint density at radius 2 is 1.25 bits per heavy atom. The first kappa shape index (κ1) is 72.9. The van der Waals surface area contributed by atoms with Crippen LogP contribution in [0.15, 0.2) is 18.2 Å². The van der Waals surface area contributed by atoms with Gasteiger partial charge in [0.2, 0.25) is 65.0 Å². The standard InChI is InChI=1S/C61H95ClF3N11O11/c1-14-37(4)52-60(87)71(9)34-50(79)70(8)35-51(80)74(12)47(33-41-21-16-15-17-22-41)59(86)73(11)40(7)54(81)68-45(28-26-42-25-27-43(44(62)32-42)61(63,64)65)58(85)76-30-20-23-46(76)56(83)66-29-19-18-24-48(77)75(13)53(36(2)3)57(84)67-38(5)31-49(78)72(10)39(6)55(82)69-52/h25,27,32,36-41,45-47,52-53H,14-24,26,28-31,33-35H2,1-13H3,(H,66,83)(H,67,84)(H,68,81)(H,69,82)/t37?,38-,39+,40-,45+,46+,47+,52+,53+/m1/s1. The van der Waals surface area contributed by atoms with Crippen LogP contribution < -0.4 is 21.3 Å². The molecule has 488 valence electrons. The van der Waals surface area contributed by atoms with Gasteiger partial charge in [0.05, 0.1) is 23.7 Å². The topological polar surface area (TPSA) is 259 Å². The maximum Gasteiger partial charge on any atom is 0.417 e. The Bertz CT molecular complexity index is 2620. The zero-order chi connectivity index (χ0) is 65.4. The second-order valence-electron chi connectivity index (χ2n) is 24.5. The van der Waals surface area contributed by atoms with E-state index in [0.717, 1.165) is 54.0 Å². The fourth-order valence-electron chi connectivity index (χ4n) is 11.4. The molecule has 0 aromatic heterocycles. The highest BCUT2D eigenvalue weighted by atomic mass is 35.5. The van der Waals surface area contributed by atoms with E-state index in [4.69, 9.17) is 11.6 Å². The first-order valence-electron chi connectivity index (χ1n) is 30.6. The average Bonchev–Trinajstić information content (AvgIpc) is 3.11. The summed E-state index contributed by atoms with van der Waals surface area (Å²) >= 11 is 6.08. The minimum atomic E-state index is -4.73. The second-order valence-corrected chi connectivity index (χ2v) is 24.9. The van der Waals surface area contributed by atoms with E-state index in [1.807, 2.05) is 6.92 Å². The van der Waals surface area contributed by atoms with Crippen LogP contribution in [0.2, 0.25) is 5.02 Å². The van der Waals surface area contributed by atoms with E-state index in [1.165, 1.54) is 86.7 Å². The van der Waals surface area contributed by atoms with Gasteiger partial charge in [-0.2, -0.15) is 13.2 Å². The molecule has 1 unspecified atom stereocenters. The molecule has 11 amide bonds. The predicted molar refractivity (Wildman–Crippen MR) is 321 cm³/mol. The number of hydrogen-bond donors (Lipinski definition) is 4. The van der Waals surface area contributed by atoms with E-state index in [2.05, 4.69) is 21.3 Å². The van der Waals surface area contributed by atoms with Gasteiger partial charge in [-0.25, -0.2) is 0 Å². The zero-order valence-electron chi connectivity index (χ0n) is 53.2. The summed E-state index contributed by atoms with van der Waals surface area (Å²) in [7, 11) is 8.53. The summed E-state index contributed by atoms with van der Waals surface area (Å²) in [4.78, 5) is 163. The van der Waals surface area contributed by atoms with Crippen LogP contribution in [0.25, 0.3) is 0 Å². The van der Waals surface area contributed by atoms with Crippen LogP contribution in [0.3, 0.4) is 0 Å². The Labute approximate surface area is 516 Å². The number of alkyl halides is 3. The maximum absolute atomic E-state index is 14.8. The van der Waals surface area contributed by atoms with Gasteiger partial charge < -0.3 is 55.6 Å². The lowest BCUT2D eigenvalue weighted by Crippen LogP contribution is -2.58. The van der Waals surface area contributed by atoms with Crippen LogP contribution in [-0.2, 0) is 65.3 Å². The number of fused-ring (bicyclic) bond motifs is 1. The molecule has 22 nitrogen and oxygen atoms in total. The highest BCUT2D eigenvalue weighted by Gasteiger charge is 2.42. The van der Waals surface area contributed by atoms with Gasteiger partial charge in [0.25, 0.3) is 0 Å². The number of nitrogens with zero attached hydrogens (tertiary/aromatic N) is 7. The smallest absolute Gasteiger partial charge is 0.354 e. The van der Waals surface area contributed by atoms with Crippen molar-refractivity contribution in [2.75, 3.05) is 68.5 Å². The lowest BCUT2D eigenvalue weighted by Gasteiger charge is -2.37. The minimum absolute atomic E-state index is 0.0195. The van der Waals surface area contributed by atoms with Crippen molar-refractivity contribution in [1.29, 1.82) is 0 Å². The number of nitrogens with one attached hydrogen (secondary N) is 4. The predicted octanol–water partition coefficient (Wildman–Crippen LogP) is 4.38. The van der Waals surface area contributed by atoms with Crippen molar-refractivity contribution < 1.29 is 65.9 Å². The van der Waals surface area contributed by atoms with Crippen molar-refractivity contribution in [1.82, 2.24) is 55.6 Å². The molecule has 3 aliphatic rings.